The molecule has 5 heteroatoms. The topological polar surface area (TPSA) is 57.1 Å². The highest BCUT2D eigenvalue weighted by atomic mass is 16.5. The van der Waals surface area contributed by atoms with Crippen molar-refractivity contribution in [3.63, 3.8) is 0 Å². The predicted molar refractivity (Wildman–Crippen MR) is 71.3 cm³/mol. The van der Waals surface area contributed by atoms with Gasteiger partial charge in [0.25, 0.3) is 0 Å². The summed E-state index contributed by atoms with van der Waals surface area (Å²) >= 11 is 0. The largest absolute Gasteiger partial charge is 0.490 e. The molecule has 1 aromatic rings. The molecule has 0 radical (unpaired) electrons. The number of cyclic esters (lactones) is 1. The molecule has 0 unspecified atom stereocenters. The Bertz CT molecular complexity index is 534. The number of nitrogens with zero attached hydrogens (tertiary/aromatic N) is 1. The molecule has 0 bridgehead atoms. The van der Waals surface area contributed by atoms with Crippen LogP contribution >= 0.6 is 0 Å². The fourth-order valence-electron chi connectivity index (χ4n) is 1.66. The van der Waals surface area contributed by atoms with E-state index in [0.717, 1.165) is 12.0 Å². The van der Waals surface area contributed by atoms with Crippen molar-refractivity contribution < 1.29 is 19.0 Å². The van der Waals surface area contributed by atoms with Crippen LogP contribution in [0.15, 0.2) is 28.9 Å². The number of ether oxygens (including phenoxy) is 3. The van der Waals surface area contributed by atoms with Gasteiger partial charge < -0.3 is 14.2 Å². The first-order valence-corrected chi connectivity index (χ1v) is 6.09. The molecule has 0 spiro atoms. The molecule has 0 fully saturated rings. The van der Waals surface area contributed by atoms with Crippen molar-refractivity contribution in [2.75, 3.05) is 13.2 Å². The third-order valence-electron chi connectivity index (χ3n) is 2.43. The lowest BCUT2D eigenvalue weighted by Crippen LogP contribution is -1.99. The molecular weight excluding hydrogens is 246 g/mol. The summed E-state index contributed by atoms with van der Waals surface area (Å²) in [7, 11) is 0. The Morgan fingerprint density at radius 1 is 1.21 bits per heavy atom. The standard InChI is InChI=1S/C14H15NO4/c1-3-17-12-6-5-10(8-13(12)18-4-2)7-11-14(16)19-9-15-11/h5-9H,3-4H2,1-2H3. The van der Waals surface area contributed by atoms with Crippen LogP contribution in [0, 0.1) is 0 Å². The summed E-state index contributed by atoms with van der Waals surface area (Å²) in [6.07, 6.45) is 2.77. The number of benzene rings is 1. The molecule has 0 saturated heterocycles. The smallest absolute Gasteiger partial charge is 0.363 e. The van der Waals surface area contributed by atoms with Crippen LogP contribution in [0.5, 0.6) is 11.5 Å². The van der Waals surface area contributed by atoms with Gasteiger partial charge in [-0.1, -0.05) is 6.07 Å². The van der Waals surface area contributed by atoms with Crippen molar-refractivity contribution in [2.45, 2.75) is 13.8 Å². The summed E-state index contributed by atoms with van der Waals surface area (Å²) in [4.78, 5) is 15.1. The summed E-state index contributed by atoms with van der Waals surface area (Å²) < 4.78 is 15.6. The van der Waals surface area contributed by atoms with Crippen molar-refractivity contribution in [3.8, 4) is 11.5 Å². The Labute approximate surface area is 111 Å². The van der Waals surface area contributed by atoms with E-state index in [1.165, 1.54) is 0 Å². The maximum absolute atomic E-state index is 11.3. The van der Waals surface area contributed by atoms with E-state index in [4.69, 9.17) is 9.47 Å². The van der Waals surface area contributed by atoms with Crippen LogP contribution in [-0.4, -0.2) is 25.6 Å². The van der Waals surface area contributed by atoms with Crippen molar-refractivity contribution in [3.05, 3.63) is 29.5 Å². The van der Waals surface area contributed by atoms with Gasteiger partial charge >= 0.3 is 5.97 Å². The molecule has 19 heavy (non-hydrogen) atoms. The second kappa shape index (κ2) is 6.04. The van der Waals surface area contributed by atoms with Gasteiger partial charge in [-0.25, -0.2) is 9.79 Å². The van der Waals surface area contributed by atoms with Gasteiger partial charge in [-0.3, -0.25) is 0 Å². The van der Waals surface area contributed by atoms with Gasteiger partial charge in [-0.15, -0.1) is 0 Å². The molecule has 0 saturated carbocycles. The molecule has 1 heterocycles. The van der Waals surface area contributed by atoms with Gasteiger partial charge in [-0.2, -0.15) is 0 Å². The van der Waals surface area contributed by atoms with Crippen molar-refractivity contribution in [1.29, 1.82) is 0 Å². The van der Waals surface area contributed by atoms with E-state index in [1.54, 1.807) is 6.08 Å². The van der Waals surface area contributed by atoms with Crippen LogP contribution in [0.4, 0.5) is 0 Å². The van der Waals surface area contributed by atoms with E-state index in [2.05, 4.69) is 9.73 Å². The van der Waals surface area contributed by atoms with Crippen molar-refractivity contribution in [2.24, 2.45) is 4.99 Å². The summed E-state index contributed by atoms with van der Waals surface area (Å²) in [6.45, 7) is 4.92. The molecule has 1 aliphatic heterocycles. The average molecular weight is 261 g/mol. The van der Waals surface area contributed by atoms with E-state index in [-0.39, 0.29) is 5.70 Å². The highest BCUT2D eigenvalue weighted by molar-refractivity contribution is 6.01. The number of hydrogen-bond donors (Lipinski definition) is 0. The van der Waals surface area contributed by atoms with Crippen LogP contribution in [0.25, 0.3) is 6.08 Å². The van der Waals surface area contributed by atoms with Gasteiger partial charge in [-0.05, 0) is 37.6 Å². The first kappa shape index (κ1) is 13.1. The third-order valence-corrected chi connectivity index (χ3v) is 2.43. The van der Waals surface area contributed by atoms with E-state index < -0.39 is 5.97 Å². The molecular formula is C14H15NO4. The van der Waals surface area contributed by atoms with Gasteiger partial charge in [0.15, 0.2) is 23.6 Å². The second-order valence-corrected chi connectivity index (χ2v) is 3.74. The SMILES string of the molecule is CCOc1ccc(C=C2N=COC2=O)cc1OCC. The summed E-state index contributed by atoms with van der Waals surface area (Å²) in [6, 6.07) is 5.45. The molecule has 0 aliphatic carbocycles. The van der Waals surface area contributed by atoms with Crippen molar-refractivity contribution >= 4 is 18.4 Å². The number of aliphatic imine (C=N–C) groups is 1. The summed E-state index contributed by atoms with van der Waals surface area (Å²) in [5.74, 6) is 0.880. The van der Waals surface area contributed by atoms with Gasteiger partial charge in [0, 0.05) is 0 Å². The molecule has 100 valence electrons. The molecule has 1 aromatic carbocycles. The average Bonchev–Trinajstić information content (AvgIpc) is 2.79. The Kier molecular flexibility index (Phi) is 4.18. The van der Waals surface area contributed by atoms with Crippen LogP contribution < -0.4 is 9.47 Å². The minimum Gasteiger partial charge on any atom is -0.490 e. The first-order chi connectivity index (χ1) is 9.24. The van der Waals surface area contributed by atoms with E-state index >= 15 is 0 Å². The lowest BCUT2D eigenvalue weighted by atomic mass is 10.1. The third kappa shape index (κ3) is 3.13. The Hall–Kier alpha value is -2.30. The molecule has 5 nitrogen and oxygen atoms in total. The molecule has 0 aromatic heterocycles. The van der Waals surface area contributed by atoms with Gasteiger partial charge in [0.2, 0.25) is 0 Å². The zero-order valence-electron chi connectivity index (χ0n) is 10.9. The summed E-state index contributed by atoms with van der Waals surface area (Å²) in [5, 5.41) is 0. The quantitative estimate of drug-likeness (QED) is 0.603. The number of carbonyl (C=O) groups is 1. The lowest BCUT2D eigenvalue weighted by molar-refractivity contribution is -0.129. The van der Waals surface area contributed by atoms with Crippen molar-refractivity contribution in [1.82, 2.24) is 0 Å². The highest BCUT2D eigenvalue weighted by Crippen LogP contribution is 2.29. The monoisotopic (exact) mass is 261 g/mol. The maximum Gasteiger partial charge on any atom is 0.363 e. The molecule has 0 amide bonds. The zero-order valence-corrected chi connectivity index (χ0v) is 10.9. The molecule has 0 N–H and O–H groups in total. The van der Waals surface area contributed by atoms with Gasteiger partial charge in [0.05, 0.1) is 13.2 Å². The van der Waals surface area contributed by atoms with Crippen LogP contribution in [0.3, 0.4) is 0 Å². The maximum atomic E-state index is 11.3. The summed E-state index contributed by atoms with van der Waals surface area (Å²) in [5.41, 5.74) is 1.07. The molecule has 0 atom stereocenters. The minimum absolute atomic E-state index is 0.270. The fourth-order valence-corrected chi connectivity index (χ4v) is 1.66. The minimum atomic E-state index is -0.452. The molecule has 1 aliphatic rings. The fraction of sp³-hybridized carbons (Fsp3) is 0.286. The van der Waals surface area contributed by atoms with Crippen LogP contribution in [0.1, 0.15) is 19.4 Å². The second-order valence-electron chi connectivity index (χ2n) is 3.74. The van der Waals surface area contributed by atoms with E-state index in [0.29, 0.717) is 24.7 Å². The number of hydrogen-bond acceptors (Lipinski definition) is 5. The van der Waals surface area contributed by atoms with Gasteiger partial charge in [0.1, 0.15) is 0 Å². The Balaban J connectivity index is 2.29. The number of rotatable bonds is 5. The lowest BCUT2D eigenvalue weighted by Gasteiger charge is -2.11. The normalized spacial score (nSPS) is 15.7. The first-order valence-electron chi connectivity index (χ1n) is 6.09. The number of esters is 1. The van der Waals surface area contributed by atoms with Crippen LogP contribution in [-0.2, 0) is 9.53 Å². The number of carbonyl (C=O) groups excluding carboxylic acids is 1. The zero-order chi connectivity index (χ0) is 13.7. The Morgan fingerprint density at radius 3 is 2.58 bits per heavy atom. The molecule has 2 rings (SSSR count). The predicted octanol–water partition coefficient (Wildman–Crippen LogP) is 2.41. The Morgan fingerprint density at radius 2 is 1.95 bits per heavy atom. The van der Waals surface area contributed by atoms with Crippen LogP contribution in [0.2, 0.25) is 0 Å². The van der Waals surface area contributed by atoms with E-state index in [9.17, 15) is 4.79 Å². The highest BCUT2D eigenvalue weighted by Gasteiger charge is 2.15. The van der Waals surface area contributed by atoms with E-state index in [1.807, 2.05) is 32.0 Å².